The smallest absolute Gasteiger partial charge is 0.261 e. The number of aromatic nitrogens is 2. The number of hydrogen-bond donors (Lipinski definition) is 1. The predicted molar refractivity (Wildman–Crippen MR) is 144 cm³/mol. The number of carbonyl (C=O) groups excluding carboxylic acids is 1. The van der Waals surface area contributed by atoms with Crippen molar-refractivity contribution in [2.24, 2.45) is 0 Å². The van der Waals surface area contributed by atoms with E-state index in [4.69, 9.17) is 4.98 Å². The molecule has 37 heavy (non-hydrogen) atoms. The van der Waals surface area contributed by atoms with Gasteiger partial charge >= 0.3 is 0 Å². The van der Waals surface area contributed by atoms with Crippen LogP contribution < -0.4 is 10.9 Å². The normalized spacial score (nSPS) is 11.8. The van der Waals surface area contributed by atoms with Gasteiger partial charge in [0.2, 0.25) is 0 Å². The molecule has 1 aromatic heterocycles. The van der Waals surface area contributed by atoms with Gasteiger partial charge in [-0.25, -0.2) is 9.37 Å². The number of halogens is 1. The molecular formula is C30H31FN4O2. The number of benzene rings is 3. The zero-order valence-corrected chi connectivity index (χ0v) is 21.1. The second-order valence-corrected chi connectivity index (χ2v) is 8.81. The van der Waals surface area contributed by atoms with Gasteiger partial charge in [-0.05, 0) is 48.9 Å². The fourth-order valence-corrected chi connectivity index (χ4v) is 4.44. The third-order valence-electron chi connectivity index (χ3n) is 6.36. The highest BCUT2D eigenvalue weighted by atomic mass is 19.1. The van der Waals surface area contributed by atoms with Crippen molar-refractivity contribution in [3.63, 3.8) is 0 Å². The Bertz CT molecular complexity index is 1370. The molecule has 0 radical (unpaired) electrons. The van der Waals surface area contributed by atoms with Crippen molar-refractivity contribution >= 4 is 5.91 Å². The molecule has 0 saturated heterocycles. The minimum Gasteiger partial charge on any atom is -0.327 e. The van der Waals surface area contributed by atoms with Crippen molar-refractivity contribution in [2.45, 2.75) is 25.9 Å². The van der Waals surface area contributed by atoms with Gasteiger partial charge in [0.25, 0.3) is 11.5 Å². The summed E-state index contributed by atoms with van der Waals surface area (Å²) in [5.74, 6) is -0.127. The van der Waals surface area contributed by atoms with E-state index in [1.807, 2.05) is 74.6 Å². The summed E-state index contributed by atoms with van der Waals surface area (Å²) in [4.78, 5) is 34.0. The van der Waals surface area contributed by atoms with Crippen LogP contribution in [0.3, 0.4) is 0 Å². The van der Waals surface area contributed by atoms with Crippen molar-refractivity contribution < 1.29 is 9.18 Å². The summed E-state index contributed by atoms with van der Waals surface area (Å²) in [5.41, 5.74) is 2.46. The SMILES string of the molecule is CCC(c1ncc(-c2ccccc2)c(=O)n1Cc1ccccc1)N(CCNC)C(=O)c1ccc(F)cc1. The number of carbonyl (C=O) groups is 1. The molecule has 1 unspecified atom stereocenters. The zero-order chi connectivity index (χ0) is 26.2. The molecule has 0 bridgehead atoms. The number of nitrogens with zero attached hydrogens (tertiary/aromatic N) is 3. The maximum Gasteiger partial charge on any atom is 0.261 e. The monoisotopic (exact) mass is 498 g/mol. The largest absolute Gasteiger partial charge is 0.327 e. The van der Waals surface area contributed by atoms with E-state index >= 15 is 0 Å². The lowest BCUT2D eigenvalue weighted by Crippen LogP contribution is -2.42. The van der Waals surface area contributed by atoms with E-state index in [2.05, 4.69) is 5.32 Å². The summed E-state index contributed by atoms with van der Waals surface area (Å²) in [6.07, 6.45) is 2.15. The highest BCUT2D eigenvalue weighted by Gasteiger charge is 2.29. The van der Waals surface area contributed by atoms with Gasteiger partial charge in [0.1, 0.15) is 11.6 Å². The van der Waals surface area contributed by atoms with E-state index < -0.39 is 11.9 Å². The lowest BCUT2D eigenvalue weighted by Gasteiger charge is -2.32. The molecule has 1 amide bonds. The standard InChI is InChI=1S/C30H31FN4O2/c1-3-27(34(19-18-32-2)29(36)24-14-16-25(31)17-15-24)28-33-20-26(23-12-8-5-9-13-23)30(37)35(28)21-22-10-6-4-7-11-22/h4-17,20,27,32H,3,18-19,21H2,1-2H3. The van der Waals surface area contributed by atoms with Crippen LogP contribution in [0.5, 0.6) is 0 Å². The lowest BCUT2D eigenvalue weighted by molar-refractivity contribution is 0.0660. The van der Waals surface area contributed by atoms with Crippen molar-refractivity contribution in [1.82, 2.24) is 19.8 Å². The molecule has 1 atom stereocenters. The molecule has 0 aliphatic heterocycles. The average Bonchev–Trinajstić information content (AvgIpc) is 2.93. The van der Waals surface area contributed by atoms with Crippen LogP contribution in [0, 0.1) is 5.82 Å². The predicted octanol–water partition coefficient (Wildman–Crippen LogP) is 4.91. The van der Waals surface area contributed by atoms with Crippen LogP contribution in [0.2, 0.25) is 0 Å². The number of rotatable bonds is 10. The first-order valence-electron chi connectivity index (χ1n) is 12.4. The molecule has 7 heteroatoms. The Hall–Kier alpha value is -4.10. The molecular weight excluding hydrogens is 467 g/mol. The second-order valence-electron chi connectivity index (χ2n) is 8.81. The van der Waals surface area contributed by atoms with Crippen molar-refractivity contribution in [1.29, 1.82) is 0 Å². The summed E-state index contributed by atoms with van der Waals surface area (Å²) in [6, 6.07) is 24.3. The Balaban J connectivity index is 1.84. The van der Waals surface area contributed by atoms with E-state index in [0.29, 0.717) is 43.0 Å². The zero-order valence-electron chi connectivity index (χ0n) is 21.1. The summed E-state index contributed by atoms with van der Waals surface area (Å²) < 4.78 is 15.2. The molecule has 3 aromatic carbocycles. The van der Waals surface area contributed by atoms with Gasteiger partial charge in [-0.3, -0.25) is 14.2 Å². The summed E-state index contributed by atoms with van der Waals surface area (Å²) in [7, 11) is 1.82. The Morgan fingerprint density at radius 2 is 1.65 bits per heavy atom. The summed E-state index contributed by atoms with van der Waals surface area (Å²) in [6.45, 7) is 3.24. The van der Waals surface area contributed by atoms with Crippen LogP contribution >= 0.6 is 0 Å². The van der Waals surface area contributed by atoms with Crippen LogP contribution in [0.15, 0.2) is 95.9 Å². The summed E-state index contributed by atoms with van der Waals surface area (Å²) in [5, 5.41) is 3.10. The maximum absolute atomic E-state index is 13.9. The van der Waals surface area contributed by atoms with Gasteiger partial charge in [0.15, 0.2) is 0 Å². The molecule has 4 aromatic rings. The molecule has 1 heterocycles. The van der Waals surface area contributed by atoms with Gasteiger partial charge in [-0.2, -0.15) is 0 Å². The Morgan fingerprint density at radius 1 is 1.00 bits per heavy atom. The lowest BCUT2D eigenvalue weighted by atomic mass is 10.1. The highest BCUT2D eigenvalue weighted by Crippen LogP contribution is 2.26. The molecule has 1 N–H and O–H groups in total. The molecule has 0 spiro atoms. The third-order valence-corrected chi connectivity index (χ3v) is 6.36. The van der Waals surface area contributed by atoms with E-state index in [1.54, 1.807) is 15.7 Å². The topological polar surface area (TPSA) is 67.2 Å². The number of hydrogen-bond acceptors (Lipinski definition) is 4. The van der Waals surface area contributed by atoms with Gasteiger partial charge < -0.3 is 10.2 Å². The quantitative estimate of drug-likeness (QED) is 0.337. The molecule has 190 valence electrons. The first-order chi connectivity index (χ1) is 18.0. The molecule has 0 fully saturated rings. The highest BCUT2D eigenvalue weighted by molar-refractivity contribution is 5.94. The van der Waals surface area contributed by atoms with E-state index in [9.17, 15) is 14.0 Å². The van der Waals surface area contributed by atoms with Crippen molar-refractivity contribution in [3.05, 3.63) is 124 Å². The average molecular weight is 499 g/mol. The van der Waals surface area contributed by atoms with E-state index in [-0.39, 0.29) is 11.5 Å². The second kappa shape index (κ2) is 12.2. The Kier molecular flexibility index (Phi) is 8.59. The fourth-order valence-electron chi connectivity index (χ4n) is 4.44. The van der Waals surface area contributed by atoms with E-state index in [1.165, 1.54) is 24.3 Å². The van der Waals surface area contributed by atoms with Crippen LogP contribution in [0.1, 0.15) is 41.1 Å². The third kappa shape index (κ3) is 6.01. The minimum atomic E-state index is -0.466. The van der Waals surface area contributed by atoms with Crippen molar-refractivity contribution in [3.8, 4) is 11.1 Å². The first kappa shape index (κ1) is 26.0. The van der Waals surface area contributed by atoms with Crippen LogP contribution in [0.4, 0.5) is 4.39 Å². The molecule has 0 saturated carbocycles. The Labute approximate surface area is 216 Å². The number of likely N-dealkylation sites (N-methyl/N-ethyl adjacent to an activating group) is 1. The summed E-state index contributed by atoms with van der Waals surface area (Å²) >= 11 is 0. The van der Waals surface area contributed by atoms with Crippen LogP contribution in [-0.4, -0.2) is 40.5 Å². The molecule has 0 aliphatic rings. The molecule has 0 aliphatic carbocycles. The van der Waals surface area contributed by atoms with Gasteiger partial charge in [-0.1, -0.05) is 67.6 Å². The van der Waals surface area contributed by atoms with Gasteiger partial charge in [-0.15, -0.1) is 0 Å². The van der Waals surface area contributed by atoms with Crippen LogP contribution in [-0.2, 0) is 6.54 Å². The van der Waals surface area contributed by atoms with E-state index in [0.717, 1.165) is 11.1 Å². The number of nitrogens with one attached hydrogen (secondary N) is 1. The molecule has 4 rings (SSSR count). The number of amides is 1. The molecule has 6 nitrogen and oxygen atoms in total. The van der Waals surface area contributed by atoms with Gasteiger partial charge in [0.05, 0.1) is 18.2 Å². The van der Waals surface area contributed by atoms with Crippen LogP contribution in [0.25, 0.3) is 11.1 Å². The first-order valence-corrected chi connectivity index (χ1v) is 12.4. The fraction of sp³-hybridized carbons (Fsp3) is 0.233. The Morgan fingerprint density at radius 3 is 2.27 bits per heavy atom. The maximum atomic E-state index is 13.9. The van der Waals surface area contributed by atoms with Crippen molar-refractivity contribution in [2.75, 3.05) is 20.1 Å². The minimum absolute atomic E-state index is 0.165. The van der Waals surface area contributed by atoms with Gasteiger partial charge in [0, 0.05) is 24.8 Å².